The first kappa shape index (κ1) is 13.3. The molecule has 0 unspecified atom stereocenters. The number of fused-ring (bicyclic) bond motifs is 1. The fourth-order valence-corrected chi connectivity index (χ4v) is 2.62. The van der Waals surface area contributed by atoms with Gasteiger partial charge in [-0.05, 0) is 30.5 Å². The van der Waals surface area contributed by atoms with Gasteiger partial charge in [-0.3, -0.25) is 10.1 Å². The molecule has 0 radical (unpaired) electrons. The number of nitro groups is 1. The van der Waals surface area contributed by atoms with Crippen LogP contribution in [0, 0.1) is 10.1 Å². The lowest BCUT2D eigenvalue weighted by Gasteiger charge is -2.30. The van der Waals surface area contributed by atoms with Crippen molar-refractivity contribution < 1.29 is 4.92 Å². The lowest BCUT2D eigenvalue weighted by atomic mass is 10.0. The van der Waals surface area contributed by atoms with Crippen LogP contribution in [0.5, 0.6) is 0 Å². The van der Waals surface area contributed by atoms with Gasteiger partial charge in [0.1, 0.15) is 5.82 Å². The lowest BCUT2D eigenvalue weighted by Crippen LogP contribution is -2.26. The van der Waals surface area contributed by atoms with E-state index in [1.165, 1.54) is 17.7 Å². The molecule has 0 spiro atoms. The first-order chi connectivity index (χ1) is 10.2. The second kappa shape index (κ2) is 5.37. The van der Waals surface area contributed by atoms with Crippen LogP contribution >= 0.6 is 0 Å². The van der Waals surface area contributed by atoms with Gasteiger partial charge in [-0.1, -0.05) is 18.2 Å². The number of hydrogen-bond acceptors (Lipinski definition) is 6. The Morgan fingerprint density at radius 3 is 2.86 bits per heavy atom. The van der Waals surface area contributed by atoms with E-state index in [-0.39, 0.29) is 5.69 Å². The van der Waals surface area contributed by atoms with Gasteiger partial charge in [-0.15, -0.1) is 0 Å². The summed E-state index contributed by atoms with van der Waals surface area (Å²) in [6.45, 7) is 0.693. The number of nitrogens with one attached hydrogen (secondary N) is 1. The van der Waals surface area contributed by atoms with Crippen molar-refractivity contribution in [3.05, 3.63) is 52.1 Å². The minimum atomic E-state index is -0.417. The van der Waals surface area contributed by atoms with Crippen molar-refractivity contribution in [2.45, 2.75) is 12.8 Å². The minimum Gasteiger partial charge on any atom is -0.320 e. The third-order valence-corrected chi connectivity index (χ3v) is 3.57. The molecule has 0 bridgehead atoms. The van der Waals surface area contributed by atoms with Crippen LogP contribution in [0.1, 0.15) is 12.0 Å². The van der Waals surface area contributed by atoms with Crippen molar-refractivity contribution in [3.63, 3.8) is 0 Å². The number of nitrogen functional groups attached to an aromatic ring is 1. The van der Waals surface area contributed by atoms with Crippen LogP contribution in [0.4, 0.5) is 23.0 Å². The second-order valence-electron chi connectivity index (χ2n) is 4.82. The second-order valence-corrected chi connectivity index (χ2v) is 4.82. The maximum Gasteiger partial charge on any atom is 0.312 e. The predicted molar refractivity (Wildman–Crippen MR) is 80.5 cm³/mol. The van der Waals surface area contributed by atoms with Crippen LogP contribution in [0.3, 0.4) is 0 Å². The summed E-state index contributed by atoms with van der Waals surface area (Å²) in [5, 5.41) is 11.3. The molecule has 1 aromatic heterocycles. The Balaban J connectivity index is 2.14. The van der Waals surface area contributed by atoms with E-state index in [2.05, 4.69) is 10.4 Å². The molecule has 0 saturated heterocycles. The summed E-state index contributed by atoms with van der Waals surface area (Å²) in [6, 6.07) is 10.8. The summed E-state index contributed by atoms with van der Waals surface area (Å²) < 4.78 is 0. The van der Waals surface area contributed by atoms with Crippen LogP contribution in [0.2, 0.25) is 0 Å². The van der Waals surface area contributed by atoms with Crippen LogP contribution in [0.25, 0.3) is 0 Å². The quantitative estimate of drug-likeness (QED) is 0.510. The smallest absolute Gasteiger partial charge is 0.312 e. The van der Waals surface area contributed by atoms with E-state index in [4.69, 9.17) is 5.84 Å². The van der Waals surface area contributed by atoms with Crippen molar-refractivity contribution in [1.29, 1.82) is 0 Å². The van der Waals surface area contributed by atoms with Crippen molar-refractivity contribution >= 4 is 23.0 Å². The van der Waals surface area contributed by atoms with Gasteiger partial charge < -0.3 is 10.3 Å². The predicted octanol–water partition coefficient (Wildman–Crippen LogP) is 2.36. The Bertz CT molecular complexity index is 689. The number of para-hydroxylation sites is 1. The van der Waals surface area contributed by atoms with Gasteiger partial charge in [-0.25, -0.2) is 10.8 Å². The van der Waals surface area contributed by atoms with Gasteiger partial charge in [0.15, 0.2) is 0 Å². The van der Waals surface area contributed by atoms with E-state index in [1.807, 2.05) is 29.2 Å². The molecule has 1 aliphatic rings. The monoisotopic (exact) mass is 285 g/mol. The van der Waals surface area contributed by atoms with Gasteiger partial charge in [0.05, 0.1) is 4.92 Å². The molecule has 21 heavy (non-hydrogen) atoms. The van der Waals surface area contributed by atoms with Crippen LogP contribution in [-0.4, -0.2) is 16.5 Å². The number of aromatic nitrogens is 1. The van der Waals surface area contributed by atoms with Crippen molar-refractivity contribution in [3.8, 4) is 0 Å². The molecule has 0 fully saturated rings. The summed E-state index contributed by atoms with van der Waals surface area (Å²) in [5.74, 6) is 6.09. The SMILES string of the molecule is NNc1ccc([N+](=O)[O-])c(N2CCCc3ccccc32)n1. The zero-order valence-electron chi connectivity index (χ0n) is 11.3. The van der Waals surface area contributed by atoms with Gasteiger partial charge >= 0.3 is 5.69 Å². The normalized spacial score (nSPS) is 13.7. The molecule has 108 valence electrons. The van der Waals surface area contributed by atoms with Crippen molar-refractivity contribution in [1.82, 2.24) is 4.98 Å². The zero-order valence-corrected chi connectivity index (χ0v) is 11.3. The highest BCUT2D eigenvalue weighted by molar-refractivity contribution is 5.73. The molecule has 3 N–H and O–H groups in total. The summed E-state index contributed by atoms with van der Waals surface area (Å²) in [5.41, 5.74) is 4.55. The summed E-state index contributed by atoms with van der Waals surface area (Å²) in [7, 11) is 0. The maximum absolute atomic E-state index is 11.3. The van der Waals surface area contributed by atoms with E-state index >= 15 is 0 Å². The maximum atomic E-state index is 11.3. The third kappa shape index (κ3) is 2.38. The number of hydrogen-bond donors (Lipinski definition) is 2. The number of aryl methyl sites for hydroxylation is 1. The highest BCUT2D eigenvalue weighted by atomic mass is 16.6. The van der Waals surface area contributed by atoms with Crippen molar-refractivity contribution in [2.24, 2.45) is 5.84 Å². The number of anilines is 3. The summed E-state index contributed by atoms with van der Waals surface area (Å²) in [4.78, 5) is 17.0. The van der Waals surface area contributed by atoms with Gasteiger partial charge in [0.2, 0.25) is 5.82 Å². The summed E-state index contributed by atoms with van der Waals surface area (Å²) in [6.07, 6.45) is 1.89. The molecule has 1 aliphatic heterocycles. The fraction of sp³-hybridized carbons (Fsp3) is 0.214. The summed E-state index contributed by atoms with van der Waals surface area (Å²) >= 11 is 0. The highest BCUT2D eigenvalue weighted by Gasteiger charge is 2.26. The Kier molecular flexibility index (Phi) is 3.41. The highest BCUT2D eigenvalue weighted by Crippen LogP contribution is 2.37. The molecule has 7 heteroatoms. The Hall–Kier alpha value is -2.67. The first-order valence-electron chi connectivity index (χ1n) is 6.68. The molecule has 0 atom stereocenters. The largest absolute Gasteiger partial charge is 0.320 e. The van der Waals surface area contributed by atoms with E-state index in [9.17, 15) is 10.1 Å². The topological polar surface area (TPSA) is 97.3 Å². The lowest BCUT2D eigenvalue weighted by molar-refractivity contribution is -0.384. The molecule has 0 aliphatic carbocycles. The van der Waals surface area contributed by atoms with E-state index in [1.54, 1.807) is 0 Å². The van der Waals surface area contributed by atoms with Crippen LogP contribution in [0.15, 0.2) is 36.4 Å². The van der Waals surface area contributed by atoms with Crippen LogP contribution in [-0.2, 0) is 6.42 Å². The molecule has 0 saturated carbocycles. The number of rotatable bonds is 3. The number of hydrazine groups is 1. The number of nitrogens with two attached hydrogens (primary N) is 1. The number of benzene rings is 1. The Morgan fingerprint density at radius 2 is 2.10 bits per heavy atom. The Labute approximate surface area is 121 Å². The van der Waals surface area contributed by atoms with E-state index < -0.39 is 4.92 Å². The molecule has 1 aromatic carbocycles. The fourth-order valence-electron chi connectivity index (χ4n) is 2.62. The Morgan fingerprint density at radius 1 is 1.29 bits per heavy atom. The van der Waals surface area contributed by atoms with Gasteiger partial charge in [-0.2, -0.15) is 0 Å². The molecule has 2 aromatic rings. The molecular formula is C14H15N5O2. The number of nitrogens with zero attached hydrogens (tertiary/aromatic N) is 3. The molecule has 7 nitrogen and oxygen atoms in total. The standard InChI is InChI=1S/C14H15N5O2/c15-17-13-8-7-12(19(20)21)14(16-13)18-9-3-5-10-4-1-2-6-11(10)18/h1-2,4,6-8H,3,5,9,15H2,(H,16,17). The molecule has 2 heterocycles. The number of pyridine rings is 1. The zero-order chi connectivity index (χ0) is 14.8. The molecule has 3 rings (SSSR count). The minimum absolute atomic E-state index is 0.0225. The molecular weight excluding hydrogens is 270 g/mol. The first-order valence-corrected chi connectivity index (χ1v) is 6.68. The van der Waals surface area contributed by atoms with Crippen LogP contribution < -0.4 is 16.2 Å². The van der Waals surface area contributed by atoms with E-state index in [0.29, 0.717) is 18.2 Å². The average Bonchev–Trinajstić information content (AvgIpc) is 2.53. The third-order valence-electron chi connectivity index (χ3n) is 3.57. The van der Waals surface area contributed by atoms with Gasteiger partial charge in [0.25, 0.3) is 0 Å². The van der Waals surface area contributed by atoms with Gasteiger partial charge in [0, 0.05) is 18.3 Å². The molecule has 0 amide bonds. The van der Waals surface area contributed by atoms with E-state index in [0.717, 1.165) is 18.5 Å². The van der Waals surface area contributed by atoms with Crippen molar-refractivity contribution in [2.75, 3.05) is 16.9 Å². The average molecular weight is 285 g/mol.